The van der Waals surface area contributed by atoms with E-state index in [9.17, 15) is 19.7 Å². The van der Waals surface area contributed by atoms with E-state index in [-0.39, 0.29) is 18.0 Å². The van der Waals surface area contributed by atoms with Crippen molar-refractivity contribution in [3.63, 3.8) is 0 Å². The summed E-state index contributed by atoms with van der Waals surface area (Å²) in [6, 6.07) is 14.3. The van der Waals surface area contributed by atoms with Gasteiger partial charge >= 0.3 is 12.1 Å². The molecule has 1 heterocycles. The number of rotatable bonds is 4. The molecule has 132 valence electrons. The average molecular weight is 354 g/mol. The van der Waals surface area contributed by atoms with Crippen LogP contribution < -0.4 is 0 Å². The lowest BCUT2D eigenvalue weighted by Gasteiger charge is -2.09. The molecule has 8 heteroatoms. The third kappa shape index (κ3) is 3.25. The summed E-state index contributed by atoms with van der Waals surface area (Å²) >= 11 is 0. The minimum Gasteiger partial charge on any atom is -0.464 e. The highest BCUT2D eigenvalue weighted by molar-refractivity contribution is 6.02. The van der Waals surface area contributed by atoms with Crippen LogP contribution in [0.15, 0.2) is 54.6 Å². The summed E-state index contributed by atoms with van der Waals surface area (Å²) in [6.45, 7) is 0.0208. The molecule has 0 aliphatic heterocycles. The van der Waals surface area contributed by atoms with E-state index in [2.05, 4.69) is 0 Å². The van der Waals surface area contributed by atoms with Crippen LogP contribution in [0.2, 0.25) is 0 Å². The largest absolute Gasteiger partial charge is 0.464 e. The molecule has 1 aromatic heterocycles. The lowest BCUT2D eigenvalue weighted by atomic mass is 10.2. The normalized spacial score (nSPS) is 10.5. The maximum atomic E-state index is 12.6. The van der Waals surface area contributed by atoms with E-state index in [0.29, 0.717) is 10.9 Å². The molecule has 0 radical (unpaired) electrons. The van der Waals surface area contributed by atoms with Gasteiger partial charge < -0.3 is 9.47 Å². The van der Waals surface area contributed by atoms with E-state index in [1.54, 1.807) is 12.1 Å². The number of nitrogens with zero attached hydrogens (tertiary/aromatic N) is 2. The summed E-state index contributed by atoms with van der Waals surface area (Å²) in [7, 11) is 1.18. The van der Waals surface area contributed by atoms with E-state index >= 15 is 0 Å². The number of nitro benzene ring substituents is 1. The Morgan fingerprint density at radius 3 is 2.50 bits per heavy atom. The van der Waals surface area contributed by atoms with Crippen molar-refractivity contribution in [3.8, 4) is 0 Å². The van der Waals surface area contributed by atoms with Gasteiger partial charge in [0, 0.05) is 17.5 Å². The van der Waals surface area contributed by atoms with Crippen LogP contribution in [0.1, 0.15) is 16.1 Å². The summed E-state index contributed by atoms with van der Waals surface area (Å²) in [5, 5.41) is 11.3. The molecule has 0 saturated heterocycles. The fraction of sp³-hybridized carbons (Fsp3) is 0.111. The van der Waals surface area contributed by atoms with Gasteiger partial charge in [0.15, 0.2) is 0 Å². The number of carbonyl (C=O) groups is 2. The Kier molecular flexibility index (Phi) is 4.66. The van der Waals surface area contributed by atoms with Crippen molar-refractivity contribution in [2.24, 2.45) is 0 Å². The SMILES string of the molecule is COC(=O)c1cc2cc([N+](=O)[O-])ccc2n1C(=O)OCc1ccccc1. The molecule has 0 aliphatic rings. The van der Waals surface area contributed by atoms with Gasteiger partial charge in [-0.15, -0.1) is 0 Å². The Balaban J connectivity index is 2.00. The van der Waals surface area contributed by atoms with Crippen molar-refractivity contribution in [1.82, 2.24) is 4.57 Å². The van der Waals surface area contributed by atoms with Gasteiger partial charge in [0.05, 0.1) is 17.5 Å². The van der Waals surface area contributed by atoms with Crippen molar-refractivity contribution in [1.29, 1.82) is 0 Å². The van der Waals surface area contributed by atoms with Gasteiger partial charge in [0.1, 0.15) is 12.3 Å². The molecule has 3 rings (SSSR count). The van der Waals surface area contributed by atoms with Crippen LogP contribution in [0.4, 0.5) is 10.5 Å². The molecule has 0 spiro atoms. The molecule has 2 aromatic carbocycles. The maximum absolute atomic E-state index is 12.6. The molecule has 8 nitrogen and oxygen atoms in total. The van der Waals surface area contributed by atoms with Crippen LogP contribution in [0.3, 0.4) is 0 Å². The second-order valence-corrected chi connectivity index (χ2v) is 5.40. The van der Waals surface area contributed by atoms with E-state index in [4.69, 9.17) is 9.47 Å². The minimum absolute atomic E-state index is 0.0208. The number of esters is 1. The summed E-state index contributed by atoms with van der Waals surface area (Å²) in [5.41, 5.74) is 0.881. The number of carbonyl (C=O) groups excluding carboxylic acids is 2. The molecule has 0 saturated carbocycles. The van der Waals surface area contributed by atoms with Crippen molar-refractivity contribution in [3.05, 3.63) is 76.0 Å². The Hall–Kier alpha value is -3.68. The number of aromatic nitrogens is 1. The number of benzene rings is 2. The van der Waals surface area contributed by atoms with Crippen molar-refractivity contribution in [2.45, 2.75) is 6.61 Å². The predicted molar refractivity (Wildman–Crippen MR) is 92.0 cm³/mol. The Bertz CT molecular complexity index is 994. The third-order valence-electron chi connectivity index (χ3n) is 3.78. The van der Waals surface area contributed by atoms with Crippen molar-refractivity contribution < 1.29 is 24.0 Å². The van der Waals surface area contributed by atoms with Crippen LogP contribution in [0, 0.1) is 10.1 Å². The van der Waals surface area contributed by atoms with Crippen LogP contribution in [0.25, 0.3) is 10.9 Å². The molecule has 0 aliphatic carbocycles. The standard InChI is InChI=1S/C18H14N2O6/c1-25-17(21)16-10-13-9-14(20(23)24)7-8-15(13)19(16)18(22)26-11-12-5-3-2-4-6-12/h2-10H,11H2,1H3. The molecule has 0 fully saturated rings. The zero-order valence-corrected chi connectivity index (χ0v) is 13.7. The molecule has 0 unspecified atom stereocenters. The zero-order chi connectivity index (χ0) is 18.7. The lowest BCUT2D eigenvalue weighted by Crippen LogP contribution is -2.19. The maximum Gasteiger partial charge on any atom is 0.419 e. The fourth-order valence-electron chi connectivity index (χ4n) is 2.55. The van der Waals surface area contributed by atoms with Gasteiger partial charge in [-0.2, -0.15) is 0 Å². The van der Waals surface area contributed by atoms with E-state index < -0.39 is 17.0 Å². The van der Waals surface area contributed by atoms with Gasteiger partial charge in [0.25, 0.3) is 5.69 Å². The molecule has 0 amide bonds. The van der Waals surface area contributed by atoms with Gasteiger partial charge in [-0.1, -0.05) is 30.3 Å². The van der Waals surface area contributed by atoms with E-state index in [1.165, 1.54) is 31.4 Å². The fourth-order valence-corrected chi connectivity index (χ4v) is 2.55. The second kappa shape index (κ2) is 7.06. The first-order chi connectivity index (χ1) is 12.5. The van der Waals surface area contributed by atoms with Gasteiger partial charge in [-0.05, 0) is 17.7 Å². The molecular weight excluding hydrogens is 340 g/mol. The second-order valence-electron chi connectivity index (χ2n) is 5.40. The summed E-state index contributed by atoms with van der Waals surface area (Å²) in [5.74, 6) is -0.750. The Morgan fingerprint density at radius 1 is 1.12 bits per heavy atom. The monoisotopic (exact) mass is 354 g/mol. The zero-order valence-electron chi connectivity index (χ0n) is 13.7. The molecule has 0 atom stereocenters. The van der Waals surface area contributed by atoms with Crippen LogP contribution in [-0.2, 0) is 16.1 Å². The highest BCUT2D eigenvalue weighted by Crippen LogP contribution is 2.25. The highest BCUT2D eigenvalue weighted by Gasteiger charge is 2.23. The smallest absolute Gasteiger partial charge is 0.419 e. The molecule has 3 aromatic rings. The molecule has 0 N–H and O–H groups in total. The number of ether oxygens (including phenoxy) is 2. The summed E-state index contributed by atoms with van der Waals surface area (Å²) in [6.07, 6.45) is -0.780. The van der Waals surface area contributed by atoms with Crippen LogP contribution in [-0.4, -0.2) is 28.7 Å². The van der Waals surface area contributed by atoms with Crippen molar-refractivity contribution in [2.75, 3.05) is 7.11 Å². The number of hydrogen-bond acceptors (Lipinski definition) is 6. The molecular formula is C18H14N2O6. The van der Waals surface area contributed by atoms with Gasteiger partial charge in [-0.25, -0.2) is 14.2 Å². The summed E-state index contributed by atoms with van der Waals surface area (Å²) in [4.78, 5) is 35.0. The number of non-ortho nitro benzene ring substituents is 1. The van der Waals surface area contributed by atoms with Crippen LogP contribution >= 0.6 is 0 Å². The van der Waals surface area contributed by atoms with Crippen molar-refractivity contribution >= 4 is 28.7 Å². The average Bonchev–Trinajstić information content (AvgIpc) is 3.05. The minimum atomic E-state index is -0.780. The quantitative estimate of drug-likeness (QED) is 0.404. The first-order valence-corrected chi connectivity index (χ1v) is 7.60. The highest BCUT2D eigenvalue weighted by atomic mass is 16.6. The third-order valence-corrected chi connectivity index (χ3v) is 3.78. The van der Waals surface area contributed by atoms with Crippen LogP contribution in [0.5, 0.6) is 0 Å². The predicted octanol–water partition coefficient (Wildman–Crippen LogP) is 3.52. The molecule has 26 heavy (non-hydrogen) atoms. The number of methoxy groups -OCH3 is 1. The summed E-state index contributed by atoms with van der Waals surface area (Å²) < 4.78 is 11.0. The number of fused-ring (bicyclic) bond motifs is 1. The van der Waals surface area contributed by atoms with E-state index in [0.717, 1.165) is 10.1 Å². The lowest BCUT2D eigenvalue weighted by molar-refractivity contribution is -0.384. The van der Waals surface area contributed by atoms with Gasteiger partial charge in [0.2, 0.25) is 0 Å². The first kappa shape index (κ1) is 17.2. The number of nitro groups is 1. The Morgan fingerprint density at radius 2 is 1.85 bits per heavy atom. The molecule has 0 bridgehead atoms. The topological polar surface area (TPSA) is 101 Å². The first-order valence-electron chi connectivity index (χ1n) is 7.60. The number of hydrogen-bond donors (Lipinski definition) is 0. The Labute approximate surface area is 147 Å². The van der Waals surface area contributed by atoms with Gasteiger partial charge in [-0.3, -0.25) is 10.1 Å². The van der Waals surface area contributed by atoms with E-state index in [1.807, 2.05) is 18.2 Å².